The second-order valence-corrected chi connectivity index (χ2v) is 14.9. The molecular formula is C54H35N3. The highest BCUT2D eigenvalue weighted by atomic mass is 15.0. The normalized spacial score (nSPS) is 11.9. The van der Waals surface area contributed by atoms with Gasteiger partial charge in [0.2, 0.25) is 0 Å². The Labute approximate surface area is 329 Å². The van der Waals surface area contributed by atoms with Gasteiger partial charge in [-0.3, -0.25) is 0 Å². The van der Waals surface area contributed by atoms with Gasteiger partial charge in [0.15, 0.2) is 0 Å². The Hall–Kier alpha value is -7.62. The molecule has 3 heteroatoms. The first-order valence-electron chi connectivity index (χ1n) is 19.6. The molecule has 0 unspecified atom stereocenters. The molecule has 0 bridgehead atoms. The van der Waals surface area contributed by atoms with Crippen LogP contribution in [0.2, 0.25) is 0 Å². The predicted octanol–water partition coefficient (Wildman–Crippen LogP) is 14.3. The van der Waals surface area contributed by atoms with Crippen molar-refractivity contribution in [3.63, 3.8) is 0 Å². The third kappa shape index (κ3) is 4.79. The third-order valence-electron chi connectivity index (χ3n) is 11.8. The highest BCUT2D eigenvalue weighted by Crippen LogP contribution is 2.42. The zero-order valence-electron chi connectivity index (χ0n) is 31.0. The topological polar surface area (TPSA) is 14.8 Å². The summed E-state index contributed by atoms with van der Waals surface area (Å²) in [7, 11) is 0. The molecule has 0 aliphatic heterocycles. The molecular weight excluding hydrogens is 691 g/mol. The Balaban J connectivity index is 1.03. The molecule has 9 aromatic carbocycles. The van der Waals surface area contributed by atoms with Gasteiger partial charge in [0.05, 0.1) is 33.1 Å². The van der Waals surface area contributed by atoms with Gasteiger partial charge in [0.1, 0.15) is 0 Å². The summed E-state index contributed by atoms with van der Waals surface area (Å²) in [5, 5.41) is 7.50. The fraction of sp³-hybridized carbons (Fsp3) is 0. The second-order valence-electron chi connectivity index (χ2n) is 14.9. The van der Waals surface area contributed by atoms with Crippen molar-refractivity contribution >= 4 is 65.4 Å². The van der Waals surface area contributed by atoms with Gasteiger partial charge >= 0.3 is 0 Å². The number of fused-ring (bicyclic) bond motifs is 10. The molecule has 0 spiro atoms. The summed E-state index contributed by atoms with van der Waals surface area (Å²) in [6.07, 6.45) is 0. The van der Waals surface area contributed by atoms with Crippen LogP contribution in [0.5, 0.6) is 0 Å². The summed E-state index contributed by atoms with van der Waals surface area (Å²) < 4.78 is 7.32. The van der Waals surface area contributed by atoms with E-state index in [9.17, 15) is 0 Å². The Bertz CT molecular complexity index is 3490. The molecule has 12 rings (SSSR count). The lowest BCUT2D eigenvalue weighted by Crippen LogP contribution is -1.98. The van der Waals surface area contributed by atoms with Crippen molar-refractivity contribution < 1.29 is 0 Å². The molecule has 0 fully saturated rings. The molecule has 57 heavy (non-hydrogen) atoms. The summed E-state index contributed by atoms with van der Waals surface area (Å²) >= 11 is 0. The van der Waals surface area contributed by atoms with Crippen molar-refractivity contribution in [2.24, 2.45) is 0 Å². The van der Waals surface area contributed by atoms with Gasteiger partial charge in [-0.25, -0.2) is 0 Å². The van der Waals surface area contributed by atoms with E-state index in [0.29, 0.717) is 0 Å². The molecule has 266 valence electrons. The van der Waals surface area contributed by atoms with Crippen LogP contribution in [0.3, 0.4) is 0 Å². The highest BCUT2D eigenvalue weighted by Gasteiger charge is 2.21. The number of rotatable bonds is 5. The summed E-state index contributed by atoms with van der Waals surface area (Å²) in [6, 6.07) is 77.3. The van der Waals surface area contributed by atoms with Crippen molar-refractivity contribution in [3.8, 4) is 39.3 Å². The van der Waals surface area contributed by atoms with Gasteiger partial charge in [-0.05, 0) is 89.0 Å². The van der Waals surface area contributed by atoms with Crippen molar-refractivity contribution in [1.82, 2.24) is 13.7 Å². The van der Waals surface area contributed by atoms with Gasteiger partial charge in [-0.2, -0.15) is 0 Å². The average molecular weight is 726 g/mol. The number of nitrogens with zero attached hydrogens (tertiary/aromatic N) is 3. The first-order chi connectivity index (χ1) is 28.3. The summed E-state index contributed by atoms with van der Waals surface area (Å²) in [6.45, 7) is 0. The standard InChI is InChI=1S/C54H35N3/c1-3-14-36(15-4-1)38-16-13-19-42(34-38)55-49-23-10-9-22-45(49)48-35-39(28-33-52(48)55)37-26-29-41(30-27-37)57-51-25-12-8-21-44(51)47-32-31-46-43-20-7-11-24-50(43)56(53(46)54(47)57)40-17-5-2-6-18-40/h1-35H. The van der Waals surface area contributed by atoms with E-state index >= 15 is 0 Å². The van der Waals surface area contributed by atoms with Crippen LogP contribution in [0.15, 0.2) is 212 Å². The van der Waals surface area contributed by atoms with Gasteiger partial charge in [-0.1, -0.05) is 146 Å². The molecule has 0 saturated carbocycles. The smallest absolute Gasteiger partial charge is 0.0788 e. The quantitative estimate of drug-likeness (QED) is 0.168. The fourth-order valence-electron chi connectivity index (χ4n) is 9.30. The van der Waals surface area contributed by atoms with Crippen molar-refractivity contribution in [3.05, 3.63) is 212 Å². The molecule has 0 aliphatic rings. The molecule has 3 nitrogen and oxygen atoms in total. The molecule has 0 atom stereocenters. The molecule has 0 aliphatic carbocycles. The molecule has 0 N–H and O–H groups in total. The van der Waals surface area contributed by atoms with Crippen molar-refractivity contribution in [2.45, 2.75) is 0 Å². The van der Waals surface area contributed by atoms with Crippen LogP contribution in [-0.2, 0) is 0 Å². The SMILES string of the molecule is c1ccc(-c2cccc(-n3c4ccccc4c4cc(-c5ccc(-n6c7ccccc7c7ccc8c9ccccc9n(-c9ccccc9)c8c76)cc5)ccc43)c2)cc1. The summed E-state index contributed by atoms with van der Waals surface area (Å²) in [5.41, 5.74) is 15.5. The van der Waals surface area contributed by atoms with E-state index in [2.05, 4.69) is 226 Å². The Morgan fingerprint density at radius 1 is 0.211 bits per heavy atom. The maximum absolute atomic E-state index is 2.47. The number of aromatic nitrogens is 3. The molecule has 3 heterocycles. The Kier molecular flexibility index (Phi) is 6.93. The van der Waals surface area contributed by atoms with Crippen LogP contribution < -0.4 is 0 Å². The Morgan fingerprint density at radius 2 is 0.632 bits per heavy atom. The maximum Gasteiger partial charge on any atom is 0.0788 e. The molecule has 12 aromatic rings. The van der Waals surface area contributed by atoms with E-state index in [0.717, 1.165) is 17.1 Å². The van der Waals surface area contributed by atoms with Crippen LogP contribution in [-0.4, -0.2) is 13.7 Å². The third-order valence-corrected chi connectivity index (χ3v) is 11.8. The van der Waals surface area contributed by atoms with E-state index in [1.807, 2.05) is 0 Å². The second kappa shape index (κ2) is 12.5. The molecule has 0 radical (unpaired) electrons. The fourth-order valence-corrected chi connectivity index (χ4v) is 9.30. The number of hydrogen-bond donors (Lipinski definition) is 0. The van der Waals surface area contributed by atoms with Crippen LogP contribution in [0.4, 0.5) is 0 Å². The highest BCUT2D eigenvalue weighted by molar-refractivity contribution is 6.24. The van der Waals surface area contributed by atoms with E-state index in [4.69, 9.17) is 0 Å². The summed E-state index contributed by atoms with van der Waals surface area (Å²) in [5.74, 6) is 0. The average Bonchev–Trinajstić information content (AvgIpc) is 3.93. The monoisotopic (exact) mass is 725 g/mol. The minimum absolute atomic E-state index is 1.14. The first-order valence-corrected chi connectivity index (χ1v) is 19.6. The van der Waals surface area contributed by atoms with Crippen LogP contribution >= 0.6 is 0 Å². The van der Waals surface area contributed by atoms with E-state index in [1.54, 1.807) is 0 Å². The van der Waals surface area contributed by atoms with Crippen LogP contribution in [0.25, 0.3) is 105 Å². The minimum atomic E-state index is 1.14. The van der Waals surface area contributed by atoms with E-state index in [1.165, 1.54) is 87.7 Å². The Morgan fingerprint density at radius 3 is 1.26 bits per heavy atom. The molecule has 3 aromatic heterocycles. The lowest BCUT2D eigenvalue weighted by Gasteiger charge is -2.13. The van der Waals surface area contributed by atoms with Gasteiger partial charge in [-0.15, -0.1) is 0 Å². The van der Waals surface area contributed by atoms with Crippen LogP contribution in [0, 0.1) is 0 Å². The van der Waals surface area contributed by atoms with E-state index < -0.39 is 0 Å². The van der Waals surface area contributed by atoms with Gasteiger partial charge in [0.25, 0.3) is 0 Å². The van der Waals surface area contributed by atoms with Gasteiger partial charge in [0, 0.05) is 49.4 Å². The molecule has 0 saturated heterocycles. The lowest BCUT2D eigenvalue weighted by atomic mass is 10.0. The largest absolute Gasteiger partial charge is 0.309 e. The van der Waals surface area contributed by atoms with E-state index in [-0.39, 0.29) is 0 Å². The molecule has 0 amide bonds. The van der Waals surface area contributed by atoms with Crippen LogP contribution in [0.1, 0.15) is 0 Å². The lowest BCUT2D eigenvalue weighted by molar-refractivity contribution is 1.15. The zero-order valence-corrected chi connectivity index (χ0v) is 31.0. The number of benzene rings is 9. The van der Waals surface area contributed by atoms with Gasteiger partial charge < -0.3 is 13.7 Å². The first kappa shape index (κ1) is 31.7. The zero-order chi connectivity index (χ0) is 37.5. The number of hydrogen-bond acceptors (Lipinski definition) is 0. The maximum atomic E-state index is 2.47. The van der Waals surface area contributed by atoms with Crippen molar-refractivity contribution in [2.75, 3.05) is 0 Å². The predicted molar refractivity (Wildman–Crippen MR) is 240 cm³/mol. The minimum Gasteiger partial charge on any atom is -0.309 e. The summed E-state index contributed by atoms with van der Waals surface area (Å²) in [4.78, 5) is 0. The number of para-hydroxylation sites is 4. The van der Waals surface area contributed by atoms with Crippen molar-refractivity contribution in [1.29, 1.82) is 0 Å².